The van der Waals surface area contributed by atoms with Crippen LogP contribution in [0.2, 0.25) is 0 Å². The van der Waals surface area contributed by atoms with E-state index < -0.39 is 6.10 Å². The molecular formula is C20H23N5O3. The van der Waals surface area contributed by atoms with Crippen molar-refractivity contribution in [3.8, 4) is 11.6 Å². The molecule has 8 heteroatoms. The summed E-state index contributed by atoms with van der Waals surface area (Å²) in [6, 6.07) is 10.5. The van der Waals surface area contributed by atoms with E-state index in [0.717, 1.165) is 11.1 Å². The van der Waals surface area contributed by atoms with Crippen LogP contribution in [-0.4, -0.2) is 38.1 Å². The van der Waals surface area contributed by atoms with Gasteiger partial charge in [0, 0.05) is 25.0 Å². The maximum Gasteiger partial charge on any atom is 0.266 e. The van der Waals surface area contributed by atoms with Crippen LogP contribution in [0.4, 0.5) is 0 Å². The van der Waals surface area contributed by atoms with Gasteiger partial charge in [-0.1, -0.05) is 12.1 Å². The maximum atomic E-state index is 12.3. The first-order valence-corrected chi connectivity index (χ1v) is 9.04. The Balaban J connectivity index is 1.57. The molecule has 1 amide bonds. The van der Waals surface area contributed by atoms with Crippen LogP contribution in [0.15, 0.2) is 53.6 Å². The molecule has 146 valence electrons. The normalized spacial score (nSPS) is 11.8. The summed E-state index contributed by atoms with van der Waals surface area (Å²) in [5.74, 6) is 0.965. The average molecular weight is 381 g/mol. The van der Waals surface area contributed by atoms with Crippen LogP contribution >= 0.6 is 0 Å². The molecule has 0 bridgehead atoms. The van der Waals surface area contributed by atoms with Crippen molar-refractivity contribution < 1.29 is 9.53 Å². The molecule has 28 heavy (non-hydrogen) atoms. The number of benzene rings is 1. The third-order valence-electron chi connectivity index (χ3n) is 4.44. The van der Waals surface area contributed by atoms with Gasteiger partial charge in [0.15, 0.2) is 11.9 Å². The van der Waals surface area contributed by atoms with E-state index in [9.17, 15) is 9.59 Å². The molecule has 0 aliphatic rings. The minimum atomic E-state index is -0.652. The zero-order valence-electron chi connectivity index (χ0n) is 16.1. The first-order chi connectivity index (χ1) is 13.5. The Morgan fingerprint density at radius 2 is 2.04 bits per heavy atom. The van der Waals surface area contributed by atoms with Gasteiger partial charge in [-0.05, 0) is 50.1 Å². The smallest absolute Gasteiger partial charge is 0.266 e. The lowest BCUT2D eigenvalue weighted by Crippen LogP contribution is -2.39. The molecular weight excluding hydrogens is 358 g/mol. The predicted molar refractivity (Wildman–Crippen MR) is 105 cm³/mol. The standard InChI is InChI=1S/C20H23N5O3/c1-14-6-4-7-17(15(14)2)28-16(3)20(27)21-11-13-25-19(26)9-8-18(23-25)24-12-5-10-22-24/h4-10,12,16H,11,13H2,1-3H3,(H,21,27)/t16-/m0/s1. The Labute approximate surface area is 162 Å². The zero-order chi connectivity index (χ0) is 20.1. The molecule has 0 aliphatic heterocycles. The number of rotatable bonds is 7. The average Bonchev–Trinajstić information content (AvgIpc) is 3.21. The Kier molecular flexibility index (Phi) is 5.88. The molecule has 0 saturated heterocycles. The number of carbonyl (C=O) groups excluding carboxylic acids is 1. The van der Waals surface area contributed by atoms with Gasteiger partial charge in [0.05, 0.1) is 6.54 Å². The summed E-state index contributed by atoms with van der Waals surface area (Å²) >= 11 is 0. The van der Waals surface area contributed by atoms with E-state index >= 15 is 0 Å². The van der Waals surface area contributed by atoms with Crippen molar-refractivity contribution in [1.82, 2.24) is 24.9 Å². The highest BCUT2D eigenvalue weighted by Gasteiger charge is 2.15. The third kappa shape index (κ3) is 4.46. The fraction of sp³-hybridized carbons (Fsp3) is 0.300. The fourth-order valence-electron chi connectivity index (χ4n) is 2.65. The van der Waals surface area contributed by atoms with Crippen molar-refractivity contribution in [2.24, 2.45) is 0 Å². The molecule has 8 nitrogen and oxygen atoms in total. The number of aromatic nitrogens is 4. The van der Waals surface area contributed by atoms with Gasteiger partial charge in [-0.25, -0.2) is 9.36 Å². The first kappa shape index (κ1) is 19.3. The van der Waals surface area contributed by atoms with Crippen LogP contribution in [-0.2, 0) is 11.3 Å². The topological polar surface area (TPSA) is 91.0 Å². The van der Waals surface area contributed by atoms with E-state index in [1.807, 2.05) is 32.0 Å². The summed E-state index contributed by atoms with van der Waals surface area (Å²) < 4.78 is 8.64. The van der Waals surface area contributed by atoms with Crippen molar-refractivity contribution in [2.75, 3.05) is 6.54 Å². The second kappa shape index (κ2) is 8.51. The molecule has 0 aliphatic carbocycles. The van der Waals surface area contributed by atoms with Gasteiger partial charge >= 0.3 is 0 Å². The summed E-state index contributed by atoms with van der Waals surface area (Å²) in [5, 5.41) is 11.1. The molecule has 2 heterocycles. The third-order valence-corrected chi connectivity index (χ3v) is 4.44. The SMILES string of the molecule is Cc1cccc(O[C@@H](C)C(=O)NCCn2nc(-n3cccn3)ccc2=O)c1C. The van der Waals surface area contributed by atoms with E-state index in [4.69, 9.17) is 4.74 Å². The Morgan fingerprint density at radius 3 is 2.79 bits per heavy atom. The zero-order valence-corrected chi connectivity index (χ0v) is 16.1. The van der Waals surface area contributed by atoms with Crippen LogP contribution in [0.25, 0.3) is 5.82 Å². The number of ether oxygens (including phenoxy) is 1. The molecule has 2 aromatic heterocycles. The van der Waals surface area contributed by atoms with E-state index in [1.165, 1.54) is 10.7 Å². The lowest BCUT2D eigenvalue weighted by Gasteiger charge is -2.17. The van der Waals surface area contributed by atoms with Crippen LogP contribution in [0.5, 0.6) is 5.75 Å². The van der Waals surface area contributed by atoms with Crippen molar-refractivity contribution in [2.45, 2.75) is 33.4 Å². The van der Waals surface area contributed by atoms with Crippen LogP contribution in [0.1, 0.15) is 18.1 Å². The van der Waals surface area contributed by atoms with Gasteiger partial charge in [-0.2, -0.15) is 5.10 Å². The monoisotopic (exact) mass is 381 g/mol. The number of nitrogens with zero attached hydrogens (tertiary/aromatic N) is 4. The molecule has 0 fully saturated rings. The van der Waals surface area contributed by atoms with E-state index in [1.54, 1.807) is 36.1 Å². The van der Waals surface area contributed by atoms with Gasteiger partial charge in [0.1, 0.15) is 5.75 Å². The molecule has 0 unspecified atom stereocenters. The number of amides is 1. The predicted octanol–water partition coefficient (Wildman–Crippen LogP) is 1.63. The Morgan fingerprint density at radius 1 is 1.21 bits per heavy atom. The Hall–Kier alpha value is -3.42. The molecule has 1 aromatic carbocycles. The van der Waals surface area contributed by atoms with Crippen LogP contribution in [0.3, 0.4) is 0 Å². The second-order valence-corrected chi connectivity index (χ2v) is 6.45. The van der Waals surface area contributed by atoms with Gasteiger partial charge in [-0.15, -0.1) is 5.10 Å². The first-order valence-electron chi connectivity index (χ1n) is 9.04. The van der Waals surface area contributed by atoms with Crippen molar-refractivity contribution in [3.63, 3.8) is 0 Å². The molecule has 1 atom stereocenters. The van der Waals surface area contributed by atoms with Gasteiger partial charge in [0.25, 0.3) is 11.5 Å². The number of hydrogen-bond donors (Lipinski definition) is 1. The maximum absolute atomic E-state index is 12.3. The van der Waals surface area contributed by atoms with E-state index in [0.29, 0.717) is 11.6 Å². The van der Waals surface area contributed by atoms with Crippen molar-refractivity contribution in [1.29, 1.82) is 0 Å². The highest BCUT2D eigenvalue weighted by Crippen LogP contribution is 2.21. The van der Waals surface area contributed by atoms with Crippen LogP contribution in [0, 0.1) is 13.8 Å². The molecule has 3 rings (SSSR count). The number of nitrogens with one attached hydrogen (secondary N) is 1. The summed E-state index contributed by atoms with van der Waals surface area (Å²) in [4.78, 5) is 24.3. The number of hydrogen-bond acceptors (Lipinski definition) is 5. The fourth-order valence-corrected chi connectivity index (χ4v) is 2.65. The lowest BCUT2D eigenvalue weighted by atomic mass is 10.1. The highest BCUT2D eigenvalue weighted by atomic mass is 16.5. The molecule has 0 spiro atoms. The van der Waals surface area contributed by atoms with Gasteiger partial charge in [-0.3, -0.25) is 9.59 Å². The van der Waals surface area contributed by atoms with E-state index in [2.05, 4.69) is 15.5 Å². The lowest BCUT2D eigenvalue weighted by molar-refractivity contribution is -0.127. The Bertz CT molecular complexity index is 1010. The summed E-state index contributed by atoms with van der Waals surface area (Å²) in [7, 11) is 0. The van der Waals surface area contributed by atoms with Crippen molar-refractivity contribution in [3.05, 3.63) is 70.3 Å². The molecule has 0 saturated carbocycles. The van der Waals surface area contributed by atoms with E-state index in [-0.39, 0.29) is 24.6 Å². The van der Waals surface area contributed by atoms with Gasteiger partial charge < -0.3 is 10.1 Å². The minimum absolute atomic E-state index is 0.246. The largest absolute Gasteiger partial charge is 0.481 e. The summed E-state index contributed by atoms with van der Waals surface area (Å²) in [5.41, 5.74) is 1.87. The summed E-state index contributed by atoms with van der Waals surface area (Å²) in [6.07, 6.45) is 2.72. The minimum Gasteiger partial charge on any atom is -0.481 e. The van der Waals surface area contributed by atoms with Crippen LogP contribution < -0.4 is 15.6 Å². The van der Waals surface area contributed by atoms with Gasteiger partial charge in [0.2, 0.25) is 0 Å². The highest BCUT2D eigenvalue weighted by molar-refractivity contribution is 5.80. The van der Waals surface area contributed by atoms with Crippen molar-refractivity contribution >= 4 is 5.91 Å². The summed E-state index contributed by atoms with van der Waals surface area (Å²) in [6.45, 7) is 6.15. The number of carbonyl (C=O) groups is 1. The quantitative estimate of drug-likeness (QED) is 0.672. The second-order valence-electron chi connectivity index (χ2n) is 6.45. The number of aryl methyl sites for hydroxylation is 1. The molecule has 3 aromatic rings. The molecule has 1 N–H and O–H groups in total. The molecule has 0 radical (unpaired) electrons.